The van der Waals surface area contributed by atoms with E-state index in [2.05, 4.69) is 72.4 Å². The van der Waals surface area contributed by atoms with Crippen LogP contribution in [0.15, 0.2) is 152 Å². The second kappa shape index (κ2) is 42.1. The lowest BCUT2D eigenvalue weighted by molar-refractivity contribution is -0.164. The number of nitrogens with zero attached hydrogens (tertiary/aromatic N) is 3. The third-order valence-electron chi connectivity index (χ3n) is 9.38. The minimum absolute atomic E-state index is 0.0312. The first-order chi connectivity index (χ1) is 31.5. The molecule has 0 bridgehead atoms. The molecule has 18 nitrogen and oxygen atoms in total. The molecule has 0 atom stereocenters. The van der Waals surface area contributed by atoms with Crippen molar-refractivity contribution in [3.05, 3.63) is 169 Å². The fourth-order valence-corrected chi connectivity index (χ4v) is 10.4. The van der Waals surface area contributed by atoms with Gasteiger partial charge in [-0.1, -0.05) is 65.3 Å². The van der Waals surface area contributed by atoms with Crippen LogP contribution in [-0.2, 0) is 38.6 Å². The molecule has 1 heterocycles. The van der Waals surface area contributed by atoms with Gasteiger partial charge in [0.25, 0.3) is 0 Å². The predicted octanol–water partition coefficient (Wildman–Crippen LogP) is 1.64. The van der Waals surface area contributed by atoms with E-state index in [1.54, 1.807) is 0 Å². The van der Waals surface area contributed by atoms with Crippen molar-refractivity contribution in [2.75, 3.05) is 78.5 Å². The van der Waals surface area contributed by atoms with Gasteiger partial charge in [-0.15, -0.1) is 72.4 Å². The molecule has 0 saturated carbocycles. The molecule has 0 aliphatic heterocycles. The molecule has 0 aliphatic carbocycles. The van der Waals surface area contributed by atoms with Crippen molar-refractivity contribution in [2.45, 2.75) is 43.8 Å². The summed E-state index contributed by atoms with van der Waals surface area (Å²) in [7, 11) is -5.37. The number of allylic oxidation sites excluding steroid dienone is 7. The van der Waals surface area contributed by atoms with Gasteiger partial charge in [0.2, 0.25) is 0 Å². The number of aliphatic hydroxyl groups excluding tert-OH is 8. The number of hydrogen-bond acceptors (Lipinski definition) is 15. The van der Waals surface area contributed by atoms with Crippen LogP contribution in [0, 0.1) is 5.41 Å². The van der Waals surface area contributed by atoms with Gasteiger partial charge in [0.05, 0.1) is 59.6 Å². The molecular weight excluding hydrogens is 907 g/mol. The van der Waals surface area contributed by atoms with Crippen LogP contribution in [-0.4, -0.2) is 157 Å². The molecule has 0 amide bonds. The summed E-state index contributed by atoms with van der Waals surface area (Å²) in [6.07, 6.45) is 11.3. The molecule has 8 N–H and O–H groups in total. The Balaban J connectivity index is -0.000000375. The molecule has 0 unspecified atom stereocenters. The monoisotopic (exact) mass is 985 g/mol. The highest BCUT2D eigenvalue weighted by Crippen LogP contribution is 2.27. The number of ether oxygens (including phenoxy) is 4. The van der Waals surface area contributed by atoms with Crippen LogP contribution in [0.3, 0.4) is 0 Å². The van der Waals surface area contributed by atoms with Gasteiger partial charge in [-0.2, -0.15) is 0 Å². The lowest BCUT2D eigenvalue weighted by Gasteiger charge is -2.31. The zero-order valence-corrected chi connectivity index (χ0v) is 41.8. The van der Waals surface area contributed by atoms with E-state index in [1.807, 2.05) is 47.1 Å². The fourth-order valence-electron chi connectivity index (χ4n) is 5.36. The number of rotatable bonds is 34. The zero-order valence-electron chi connectivity index (χ0n) is 38.8. The average molecular weight is 986 g/mol. The van der Waals surface area contributed by atoms with Crippen LogP contribution in [0.25, 0.3) is 0 Å². The molecule has 1 aromatic rings. The minimum Gasteiger partial charge on any atom is -0.399 e. The van der Waals surface area contributed by atoms with Crippen LogP contribution in [0.4, 0.5) is 0 Å². The molecule has 0 fully saturated rings. The normalized spacial score (nSPS) is 10.8. The number of hydrogen-bond donors (Lipinski definition) is 8. The Labute approximate surface area is 393 Å². The van der Waals surface area contributed by atoms with Gasteiger partial charge in [-0.3, -0.25) is 0 Å². The Bertz CT molecular complexity index is 1500. The maximum absolute atomic E-state index is 11.9. The van der Waals surface area contributed by atoms with Crippen LogP contribution in [0.2, 0.25) is 24.2 Å². The van der Waals surface area contributed by atoms with Gasteiger partial charge in [-0.05, 0) is 24.2 Å². The Morgan fingerprint density at radius 2 is 0.621 bits per heavy atom. The van der Waals surface area contributed by atoms with E-state index in [-0.39, 0.29) is 71.0 Å². The first kappa shape index (κ1) is 68.3. The Morgan fingerprint density at radius 3 is 0.742 bits per heavy atom. The molecule has 0 aromatic carbocycles. The van der Waals surface area contributed by atoms with Crippen LogP contribution in [0.5, 0.6) is 0 Å². The molecular formula is C45H79N3O15Si3. The summed E-state index contributed by atoms with van der Waals surface area (Å²) in [5, 5.41) is 68.7. The molecule has 21 heteroatoms. The summed E-state index contributed by atoms with van der Waals surface area (Å²) in [6.45, 7) is 38.8. The van der Waals surface area contributed by atoms with Crippen molar-refractivity contribution < 1.29 is 59.8 Å². The van der Waals surface area contributed by atoms with Crippen LogP contribution < -0.4 is 17.1 Å². The SMILES string of the molecule is C=CC[Si](CC=C)(CC=C)CC=C.C=CCn1c(=O)n(CC=C)c(=O)n(CC=C)c1=O.C=C[Si](C=C)(C=C)C=C.OCOCC(COCO)(COCO)COCO.OC[Si](CO)(CO)CO. The van der Waals surface area contributed by atoms with Crippen molar-refractivity contribution >= 4 is 24.2 Å². The fraction of sp³-hybridized carbons (Fsp3) is 0.444. The van der Waals surface area contributed by atoms with Gasteiger partial charge in [0, 0.05) is 24.9 Å². The van der Waals surface area contributed by atoms with Gasteiger partial charge in [0.15, 0.2) is 8.07 Å². The quantitative estimate of drug-likeness (QED) is 0.0277. The molecule has 1 rings (SSSR count). The third kappa shape index (κ3) is 26.2. The largest absolute Gasteiger partial charge is 0.399 e. The van der Waals surface area contributed by atoms with E-state index < -0.39 is 73.9 Å². The second-order valence-electron chi connectivity index (χ2n) is 14.4. The molecule has 0 aliphatic rings. The lowest BCUT2D eigenvalue weighted by atomic mass is 9.92. The van der Waals surface area contributed by atoms with Gasteiger partial charge >= 0.3 is 17.1 Å². The van der Waals surface area contributed by atoms with E-state index >= 15 is 0 Å². The molecule has 376 valence electrons. The third-order valence-corrected chi connectivity index (χ3v) is 19.5. The summed E-state index contributed by atoms with van der Waals surface area (Å²) in [5.74, 6) is 0. The van der Waals surface area contributed by atoms with E-state index in [0.29, 0.717) is 0 Å². The highest BCUT2D eigenvalue weighted by Gasteiger charge is 2.33. The van der Waals surface area contributed by atoms with Crippen molar-refractivity contribution in [3.8, 4) is 0 Å². The van der Waals surface area contributed by atoms with E-state index in [9.17, 15) is 14.4 Å². The van der Waals surface area contributed by atoms with E-state index in [4.69, 9.17) is 59.8 Å². The highest BCUT2D eigenvalue weighted by molar-refractivity contribution is 6.97. The van der Waals surface area contributed by atoms with Crippen molar-refractivity contribution in [3.63, 3.8) is 0 Å². The minimum atomic E-state index is -2.47. The Hall–Kier alpha value is -4.28. The maximum atomic E-state index is 11.9. The maximum Gasteiger partial charge on any atom is 0.336 e. The van der Waals surface area contributed by atoms with Gasteiger partial charge < -0.3 is 59.8 Å². The first-order valence-electron chi connectivity index (χ1n) is 20.5. The summed E-state index contributed by atoms with van der Waals surface area (Å²) >= 11 is 0. The van der Waals surface area contributed by atoms with Gasteiger partial charge in [0.1, 0.15) is 35.2 Å². The summed E-state index contributed by atoms with van der Waals surface area (Å²) < 4.78 is 22.3. The lowest BCUT2D eigenvalue weighted by Crippen LogP contribution is -2.54. The molecule has 0 saturated heterocycles. The first-order valence-corrected chi connectivity index (χ1v) is 28.5. The second-order valence-corrected chi connectivity index (χ2v) is 26.9. The summed E-state index contributed by atoms with van der Waals surface area (Å²) in [5.41, 5.74) is 4.75. The number of aliphatic hydroxyl groups is 8. The predicted molar refractivity (Wildman–Crippen MR) is 271 cm³/mol. The van der Waals surface area contributed by atoms with Gasteiger partial charge in [-0.25, -0.2) is 28.1 Å². The van der Waals surface area contributed by atoms with Crippen LogP contribution >= 0.6 is 0 Å². The number of aromatic nitrogens is 3. The smallest absolute Gasteiger partial charge is 0.336 e. The standard InChI is InChI=1S/C12H15N3O3.C12H20Si.C9H20O8.C8H12Si.C4H12O4Si/c1-4-7-13-10(16)14(8-5-2)12(18)15(9-6-3)11(13)17;1-5-9-13(10-6-2,11-7-3)12-8-4;10-5-14-1-9(2-15-6-11,3-16-7-12)4-17-8-13;1-5-9(6-2,7-3)8-4;5-1-9(2-6,3-7)4-8/h4-6H,1-3,7-9H2;5-8H,1-4,9-12H2;10-13H,1-8H2;2*5-8H,1-4H2. The Kier molecular flexibility index (Phi) is 43.6. The topological polar surface area (TPSA) is 265 Å². The molecule has 66 heavy (non-hydrogen) atoms. The average Bonchev–Trinajstić information content (AvgIpc) is 3.33. The Morgan fingerprint density at radius 1 is 0.394 bits per heavy atom. The molecule has 1 aromatic heterocycles. The van der Waals surface area contributed by atoms with Crippen molar-refractivity contribution in [1.29, 1.82) is 0 Å². The summed E-state index contributed by atoms with van der Waals surface area (Å²) in [6, 6.07) is 4.54. The summed E-state index contributed by atoms with van der Waals surface area (Å²) in [4.78, 5) is 35.8. The highest BCUT2D eigenvalue weighted by atomic mass is 28.3. The molecule has 0 spiro atoms. The zero-order chi connectivity index (χ0) is 51.5. The van der Waals surface area contributed by atoms with E-state index in [0.717, 1.165) is 37.9 Å². The van der Waals surface area contributed by atoms with E-state index in [1.165, 1.54) is 18.2 Å². The van der Waals surface area contributed by atoms with Crippen molar-refractivity contribution in [2.24, 2.45) is 5.41 Å². The van der Waals surface area contributed by atoms with Crippen molar-refractivity contribution in [1.82, 2.24) is 13.7 Å². The molecule has 0 radical (unpaired) electrons. The van der Waals surface area contributed by atoms with Crippen LogP contribution in [0.1, 0.15) is 0 Å².